The number of anilines is 1. The van der Waals surface area contributed by atoms with E-state index in [2.05, 4.69) is 15.0 Å². The van der Waals surface area contributed by atoms with Gasteiger partial charge < -0.3 is 10.1 Å². The number of hydrogen-bond donors (Lipinski definition) is 2. The van der Waals surface area contributed by atoms with Crippen molar-refractivity contribution < 1.29 is 22.3 Å². The lowest BCUT2D eigenvalue weighted by Crippen LogP contribution is -2.24. The molecule has 0 saturated carbocycles. The number of hydrogen-bond acceptors (Lipinski definition) is 5. The maximum atomic E-state index is 13.4. The number of benzene rings is 2. The molecule has 154 valence electrons. The Balaban J connectivity index is 1.51. The Morgan fingerprint density at radius 2 is 1.97 bits per heavy atom. The average Bonchev–Trinajstić information content (AvgIpc) is 2.73. The summed E-state index contributed by atoms with van der Waals surface area (Å²) in [5.74, 6) is -0.0959. The predicted octanol–water partition coefficient (Wildman–Crippen LogP) is 3.38. The molecule has 1 aliphatic heterocycles. The molecule has 0 saturated heterocycles. The topological polar surface area (TPSA) is 97.4 Å². The Morgan fingerprint density at radius 1 is 1.10 bits per heavy atom. The molecule has 9 heteroatoms. The second kappa shape index (κ2) is 8.21. The molecule has 3 aromatic rings. The minimum Gasteiger partial charge on any atom is -0.439 e. The SMILES string of the molecule is O=C1CCc2cc(S(=O)(=O)NCc3cccnc3Oc3cccc(F)c3)ccc2N1. The monoisotopic (exact) mass is 427 g/mol. The lowest BCUT2D eigenvalue weighted by Gasteiger charge is -2.18. The number of fused-ring (bicyclic) bond motifs is 1. The normalized spacial score (nSPS) is 13.4. The number of aryl methyl sites for hydroxylation is 1. The van der Waals surface area contributed by atoms with Crippen molar-refractivity contribution in [1.82, 2.24) is 9.71 Å². The summed E-state index contributed by atoms with van der Waals surface area (Å²) in [4.78, 5) is 15.7. The van der Waals surface area contributed by atoms with Crippen molar-refractivity contribution in [3.05, 3.63) is 77.7 Å². The molecule has 0 atom stereocenters. The van der Waals surface area contributed by atoms with Crippen molar-refractivity contribution in [3.63, 3.8) is 0 Å². The number of nitrogens with one attached hydrogen (secondary N) is 2. The van der Waals surface area contributed by atoms with Crippen molar-refractivity contribution in [2.45, 2.75) is 24.3 Å². The minimum absolute atomic E-state index is 0.0609. The fraction of sp³-hybridized carbons (Fsp3) is 0.143. The zero-order chi connectivity index (χ0) is 21.1. The third-order valence-corrected chi connectivity index (χ3v) is 5.99. The van der Waals surface area contributed by atoms with Gasteiger partial charge in [-0.3, -0.25) is 4.79 Å². The van der Waals surface area contributed by atoms with Gasteiger partial charge in [0.25, 0.3) is 0 Å². The molecule has 1 amide bonds. The summed E-state index contributed by atoms with van der Waals surface area (Å²) in [6.07, 6.45) is 2.31. The summed E-state index contributed by atoms with van der Waals surface area (Å²) in [5.41, 5.74) is 1.90. The van der Waals surface area contributed by atoms with E-state index in [1.165, 1.54) is 30.5 Å². The van der Waals surface area contributed by atoms with Crippen LogP contribution in [0.5, 0.6) is 11.6 Å². The second-order valence-corrected chi connectivity index (χ2v) is 8.49. The largest absolute Gasteiger partial charge is 0.439 e. The number of halogens is 1. The molecule has 7 nitrogen and oxygen atoms in total. The highest BCUT2D eigenvalue weighted by molar-refractivity contribution is 7.89. The van der Waals surface area contributed by atoms with Crippen LogP contribution >= 0.6 is 0 Å². The molecule has 1 aromatic heterocycles. The van der Waals surface area contributed by atoms with Crippen LogP contribution < -0.4 is 14.8 Å². The van der Waals surface area contributed by atoms with Crippen LogP contribution in [0, 0.1) is 5.82 Å². The molecular weight excluding hydrogens is 409 g/mol. The first-order valence-corrected chi connectivity index (χ1v) is 10.7. The third kappa shape index (κ3) is 4.47. The molecule has 0 aliphatic carbocycles. The van der Waals surface area contributed by atoms with Crippen LogP contribution in [0.4, 0.5) is 10.1 Å². The third-order valence-electron chi connectivity index (χ3n) is 4.60. The summed E-state index contributed by atoms with van der Waals surface area (Å²) < 4.78 is 47.1. The lowest BCUT2D eigenvalue weighted by atomic mass is 10.0. The molecule has 0 fully saturated rings. The van der Waals surface area contributed by atoms with Gasteiger partial charge >= 0.3 is 0 Å². The Labute approximate surface area is 173 Å². The summed E-state index contributed by atoms with van der Waals surface area (Å²) in [7, 11) is -3.81. The molecule has 2 N–H and O–H groups in total. The van der Waals surface area contributed by atoms with E-state index in [4.69, 9.17) is 4.74 Å². The maximum absolute atomic E-state index is 13.4. The van der Waals surface area contributed by atoms with Crippen molar-refractivity contribution in [1.29, 1.82) is 0 Å². The van der Waals surface area contributed by atoms with E-state index < -0.39 is 15.8 Å². The number of rotatable bonds is 6. The van der Waals surface area contributed by atoms with E-state index in [1.807, 2.05) is 0 Å². The van der Waals surface area contributed by atoms with Crippen LogP contribution in [0.2, 0.25) is 0 Å². The summed E-state index contributed by atoms with van der Waals surface area (Å²) in [5, 5.41) is 2.73. The number of sulfonamides is 1. The quantitative estimate of drug-likeness (QED) is 0.629. The Hall–Kier alpha value is -3.30. The van der Waals surface area contributed by atoms with Crippen LogP contribution in [-0.2, 0) is 27.8 Å². The average molecular weight is 427 g/mol. The molecule has 0 unspecified atom stereocenters. The summed E-state index contributed by atoms with van der Waals surface area (Å²) in [6.45, 7) is -0.0609. The molecule has 0 radical (unpaired) electrons. The fourth-order valence-corrected chi connectivity index (χ4v) is 4.13. The van der Waals surface area contributed by atoms with Gasteiger partial charge in [0.1, 0.15) is 11.6 Å². The Bertz CT molecular complexity index is 1210. The number of carbonyl (C=O) groups excluding carboxylic acids is 1. The van der Waals surface area contributed by atoms with Crippen LogP contribution in [0.1, 0.15) is 17.5 Å². The van der Waals surface area contributed by atoms with Crippen LogP contribution in [0.15, 0.2) is 65.7 Å². The van der Waals surface area contributed by atoms with Gasteiger partial charge in [-0.15, -0.1) is 0 Å². The van der Waals surface area contributed by atoms with E-state index in [0.717, 1.165) is 5.56 Å². The van der Waals surface area contributed by atoms with Gasteiger partial charge in [0.05, 0.1) is 4.90 Å². The van der Waals surface area contributed by atoms with Crippen LogP contribution in [0.3, 0.4) is 0 Å². The smallest absolute Gasteiger partial charge is 0.240 e. The van der Waals surface area contributed by atoms with E-state index in [1.54, 1.807) is 30.3 Å². The number of nitrogens with zero attached hydrogens (tertiary/aromatic N) is 1. The lowest BCUT2D eigenvalue weighted by molar-refractivity contribution is -0.116. The zero-order valence-electron chi connectivity index (χ0n) is 15.8. The van der Waals surface area contributed by atoms with Gasteiger partial charge in [0.15, 0.2) is 0 Å². The number of carbonyl (C=O) groups is 1. The number of pyridine rings is 1. The van der Waals surface area contributed by atoms with Gasteiger partial charge in [-0.2, -0.15) is 0 Å². The van der Waals surface area contributed by atoms with Crippen molar-refractivity contribution in [3.8, 4) is 11.6 Å². The molecule has 0 spiro atoms. The summed E-state index contributed by atoms with van der Waals surface area (Å²) >= 11 is 0. The van der Waals surface area contributed by atoms with Crippen molar-refractivity contribution >= 4 is 21.6 Å². The highest BCUT2D eigenvalue weighted by atomic mass is 32.2. The number of ether oxygens (including phenoxy) is 1. The molecule has 2 heterocycles. The number of amides is 1. The van der Waals surface area contributed by atoms with E-state index in [9.17, 15) is 17.6 Å². The first kappa shape index (κ1) is 20.0. The molecule has 2 aromatic carbocycles. The highest BCUT2D eigenvalue weighted by Crippen LogP contribution is 2.26. The Kier molecular flexibility index (Phi) is 5.47. The molecule has 30 heavy (non-hydrogen) atoms. The maximum Gasteiger partial charge on any atom is 0.240 e. The summed E-state index contributed by atoms with van der Waals surface area (Å²) in [6, 6.07) is 13.5. The van der Waals surface area contributed by atoms with Crippen molar-refractivity contribution in [2.75, 3.05) is 5.32 Å². The van der Waals surface area contributed by atoms with E-state index in [0.29, 0.717) is 24.1 Å². The highest BCUT2D eigenvalue weighted by Gasteiger charge is 2.20. The Morgan fingerprint density at radius 3 is 2.80 bits per heavy atom. The van der Waals surface area contributed by atoms with Crippen molar-refractivity contribution in [2.24, 2.45) is 0 Å². The van der Waals surface area contributed by atoms with Gasteiger partial charge in [-0.05, 0) is 48.4 Å². The van der Waals surface area contributed by atoms with Gasteiger partial charge in [0.2, 0.25) is 21.8 Å². The van der Waals surface area contributed by atoms with Gasteiger partial charge in [0, 0.05) is 36.5 Å². The second-order valence-electron chi connectivity index (χ2n) is 6.72. The van der Waals surface area contributed by atoms with E-state index in [-0.39, 0.29) is 29.0 Å². The minimum atomic E-state index is -3.81. The van der Waals surface area contributed by atoms with Crippen LogP contribution in [-0.4, -0.2) is 19.3 Å². The number of aromatic nitrogens is 1. The van der Waals surface area contributed by atoms with E-state index >= 15 is 0 Å². The molecular formula is C21H18FN3O4S. The fourth-order valence-electron chi connectivity index (χ4n) is 3.08. The molecule has 4 rings (SSSR count). The van der Waals surface area contributed by atoms with Crippen LogP contribution in [0.25, 0.3) is 0 Å². The molecule has 1 aliphatic rings. The first-order chi connectivity index (χ1) is 14.4. The van der Waals surface area contributed by atoms with Gasteiger partial charge in [-0.1, -0.05) is 12.1 Å². The standard InChI is InChI=1S/C21H18FN3O4S/c22-16-4-1-5-17(12-16)29-21-15(3-2-10-23-21)13-24-30(27,28)18-7-8-19-14(11-18)6-9-20(26)25-19/h1-5,7-8,10-12,24H,6,9,13H2,(H,25,26). The van der Waals surface area contributed by atoms with Gasteiger partial charge in [-0.25, -0.2) is 22.5 Å². The zero-order valence-corrected chi connectivity index (χ0v) is 16.6. The first-order valence-electron chi connectivity index (χ1n) is 9.20. The molecule has 0 bridgehead atoms. The predicted molar refractivity (Wildman–Crippen MR) is 108 cm³/mol.